The molecule has 0 unspecified atom stereocenters. The third kappa shape index (κ3) is 7.63. The molecule has 13 heavy (non-hydrogen) atoms. The molecule has 1 nitrogen and oxygen atoms in total. The van der Waals surface area contributed by atoms with Crippen molar-refractivity contribution >= 4 is 0 Å². The maximum absolute atomic E-state index is 5.48. The van der Waals surface area contributed by atoms with Crippen LogP contribution in [-0.4, -0.2) is 0 Å². The normalized spacial score (nSPS) is 10.6. The predicted molar refractivity (Wildman–Crippen MR) is 58.3 cm³/mol. The summed E-state index contributed by atoms with van der Waals surface area (Å²) >= 11 is 0. The molecule has 0 radical (unpaired) electrons. The second-order valence-electron chi connectivity index (χ2n) is 4.38. The summed E-state index contributed by atoms with van der Waals surface area (Å²) in [4.78, 5) is 0. The molecule has 76 valence electrons. The van der Waals surface area contributed by atoms with Gasteiger partial charge >= 0.3 is 0 Å². The highest BCUT2D eigenvalue weighted by Crippen LogP contribution is 2.17. The van der Waals surface area contributed by atoms with Crippen LogP contribution in [0, 0.1) is 11.8 Å². The molecule has 0 aliphatic rings. The molecule has 0 saturated heterocycles. The molecule has 0 spiro atoms. The molecule has 0 heterocycles. The lowest BCUT2D eigenvalue weighted by molar-refractivity contribution is 0.259. The zero-order valence-electron chi connectivity index (χ0n) is 9.39. The third-order valence-electron chi connectivity index (χ3n) is 1.56. The molecule has 0 saturated carbocycles. The van der Waals surface area contributed by atoms with Gasteiger partial charge in [-0.05, 0) is 11.8 Å². The Morgan fingerprint density at radius 2 is 1.23 bits per heavy atom. The summed E-state index contributed by atoms with van der Waals surface area (Å²) in [5.41, 5.74) is 0. The Morgan fingerprint density at radius 1 is 0.923 bits per heavy atom. The summed E-state index contributed by atoms with van der Waals surface area (Å²) in [7, 11) is 0. The van der Waals surface area contributed by atoms with Gasteiger partial charge in [0.05, 0.1) is 11.5 Å². The molecule has 0 fully saturated rings. The van der Waals surface area contributed by atoms with Crippen molar-refractivity contribution in [3.8, 4) is 0 Å². The SMILES string of the molecule is C=C(CC(C)C)OC(=C)CC(C)C. The van der Waals surface area contributed by atoms with Crippen LogP contribution in [0.1, 0.15) is 40.5 Å². The quantitative estimate of drug-likeness (QED) is 0.561. The van der Waals surface area contributed by atoms with E-state index in [-0.39, 0.29) is 0 Å². The third-order valence-corrected chi connectivity index (χ3v) is 1.56. The van der Waals surface area contributed by atoms with E-state index in [1.54, 1.807) is 0 Å². The lowest BCUT2D eigenvalue weighted by atomic mass is 10.1. The lowest BCUT2D eigenvalue weighted by Gasteiger charge is -2.13. The van der Waals surface area contributed by atoms with Gasteiger partial charge in [-0.2, -0.15) is 0 Å². The van der Waals surface area contributed by atoms with Gasteiger partial charge in [-0.1, -0.05) is 40.9 Å². The van der Waals surface area contributed by atoms with Crippen molar-refractivity contribution in [2.24, 2.45) is 11.8 Å². The minimum atomic E-state index is 0.597. The van der Waals surface area contributed by atoms with Crippen molar-refractivity contribution in [1.29, 1.82) is 0 Å². The number of ether oxygens (including phenoxy) is 1. The Balaban J connectivity index is 3.72. The molecule has 0 amide bonds. The van der Waals surface area contributed by atoms with E-state index in [9.17, 15) is 0 Å². The van der Waals surface area contributed by atoms with Crippen molar-refractivity contribution in [2.75, 3.05) is 0 Å². The van der Waals surface area contributed by atoms with Gasteiger partial charge in [0.1, 0.15) is 0 Å². The van der Waals surface area contributed by atoms with Crippen LogP contribution in [0.15, 0.2) is 24.7 Å². The molecular formula is C12H22O. The molecule has 0 N–H and O–H groups in total. The average molecular weight is 182 g/mol. The minimum Gasteiger partial charge on any atom is -0.467 e. The Hall–Kier alpha value is -0.720. The number of hydrogen-bond acceptors (Lipinski definition) is 1. The smallest absolute Gasteiger partial charge is 0.0966 e. The molecule has 0 aliphatic carbocycles. The van der Waals surface area contributed by atoms with Gasteiger partial charge in [-0.3, -0.25) is 0 Å². The van der Waals surface area contributed by atoms with Crippen LogP contribution < -0.4 is 0 Å². The number of rotatable bonds is 6. The maximum atomic E-state index is 5.48. The van der Waals surface area contributed by atoms with Crippen LogP contribution in [0.3, 0.4) is 0 Å². The van der Waals surface area contributed by atoms with E-state index in [4.69, 9.17) is 4.74 Å². The van der Waals surface area contributed by atoms with E-state index in [1.165, 1.54) is 0 Å². The van der Waals surface area contributed by atoms with Gasteiger partial charge in [0.25, 0.3) is 0 Å². The van der Waals surface area contributed by atoms with Crippen molar-refractivity contribution in [3.05, 3.63) is 24.7 Å². The number of allylic oxidation sites excluding steroid dienone is 2. The van der Waals surface area contributed by atoms with Crippen molar-refractivity contribution in [2.45, 2.75) is 40.5 Å². The lowest BCUT2D eigenvalue weighted by Crippen LogP contribution is -1.98. The van der Waals surface area contributed by atoms with Crippen LogP contribution in [0.4, 0.5) is 0 Å². The highest BCUT2D eigenvalue weighted by atomic mass is 16.5. The fourth-order valence-electron chi connectivity index (χ4n) is 1.20. The van der Waals surface area contributed by atoms with Crippen molar-refractivity contribution in [1.82, 2.24) is 0 Å². The van der Waals surface area contributed by atoms with Gasteiger partial charge in [0, 0.05) is 12.8 Å². The summed E-state index contributed by atoms with van der Waals surface area (Å²) in [6.07, 6.45) is 1.83. The summed E-state index contributed by atoms with van der Waals surface area (Å²) in [5, 5.41) is 0. The van der Waals surface area contributed by atoms with E-state index in [1.807, 2.05) is 0 Å². The summed E-state index contributed by atoms with van der Waals surface area (Å²) in [6, 6.07) is 0. The molecular weight excluding hydrogens is 160 g/mol. The van der Waals surface area contributed by atoms with Crippen molar-refractivity contribution in [3.63, 3.8) is 0 Å². The first kappa shape index (κ1) is 12.3. The van der Waals surface area contributed by atoms with E-state index in [2.05, 4.69) is 40.9 Å². The monoisotopic (exact) mass is 182 g/mol. The minimum absolute atomic E-state index is 0.597. The standard InChI is InChI=1S/C12H22O/c1-9(2)7-11(5)13-12(6)8-10(3)4/h9-10H,5-8H2,1-4H3. The largest absolute Gasteiger partial charge is 0.467 e. The topological polar surface area (TPSA) is 9.23 Å². The number of hydrogen-bond donors (Lipinski definition) is 0. The molecule has 0 atom stereocenters. The Morgan fingerprint density at radius 3 is 1.46 bits per heavy atom. The van der Waals surface area contributed by atoms with Crippen molar-refractivity contribution < 1.29 is 4.74 Å². The van der Waals surface area contributed by atoms with Crippen LogP contribution in [0.2, 0.25) is 0 Å². The molecule has 0 aromatic carbocycles. The van der Waals surface area contributed by atoms with Crippen LogP contribution >= 0.6 is 0 Å². The first-order valence-corrected chi connectivity index (χ1v) is 4.95. The van der Waals surface area contributed by atoms with Crippen LogP contribution in [0.5, 0.6) is 0 Å². The highest BCUT2D eigenvalue weighted by molar-refractivity contribution is 4.94. The molecule has 0 aromatic rings. The maximum Gasteiger partial charge on any atom is 0.0966 e. The highest BCUT2D eigenvalue weighted by Gasteiger charge is 2.04. The van der Waals surface area contributed by atoms with E-state index in [0.717, 1.165) is 24.4 Å². The summed E-state index contributed by atoms with van der Waals surface area (Å²) in [6.45, 7) is 16.3. The predicted octanol–water partition coefficient (Wildman–Crippen LogP) is 4.12. The zero-order chi connectivity index (χ0) is 10.4. The van der Waals surface area contributed by atoms with Crippen LogP contribution in [-0.2, 0) is 4.74 Å². The fourth-order valence-corrected chi connectivity index (χ4v) is 1.20. The van der Waals surface area contributed by atoms with Gasteiger partial charge < -0.3 is 4.74 Å². The molecule has 0 aromatic heterocycles. The Bertz CT molecular complexity index is 158. The van der Waals surface area contributed by atoms with E-state index < -0.39 is 0 Å². The fraction of sp³-hybridized carbons (Fsp3) is 0.667. The first-order chi connectivity index (χ1) is 5.91. The second-order valence-corrected chi connectivity index (χ2v) is 4.38. The summed E-state index contributed by atoms with van der Waals surface area (Å²) < 4.78 is 5.48. The van der Waals surface area contributed by atoms with Gasteiger partial charge in [0.2, 0.25) is 0 Å². The second kappa shape index (κ2) is 5.85. The molecule has 0 aliphatic heterocycles. The van der Waals surface area contributed by atoms with E-state index >= 15 is 0 Å². The van der Waals surface area contributed by atoms with Gasteiger partial charge in [-0.15, -0.1) is 0 Å². The first-order valence-electron chi connectivity index (χ1n) is 4.95. The molecule has 1 heteroatoms. The average Bonchev–Trinajstić information content (AvgIpc) is 1.80. The Labute approximate surface area is 82.5 Å². The van der Waals surface area contributed by atoms with Gasteiger partial charge in [-0.25, -0.2) is 0 Å². The molecule has 0 bridgehead atoms. The molecule has 0 rings (SSSR count). The van der Waals surface area contributed by atoms with E-state index in [0.29, 0.717) is 11.8 Å². The van der Waals surface area contributed by atoms with Crippen LogP contribution in [0.25, 0.3) is 0 Å². The summed E-state index contributed by atoms with van der Waals surface area (Å²) in [5.74, 6) is 2.86. The zero-order valence-corrected chi connectivity index (χ0v) is 9.39. The Kier molecular flexibility index (Phi) is 5.52. The van der Waals surface area contributed by atoms with Gasteiger partial charge in [0.15, 0.2) is 0 Å².